The maximum Gasteiger partial charge on any atom is 0.290 e. The van der Waals surface area contributed by atoms with E-state index in [1.54, 1.807) is 43.5 Å². The quantitative estimate of drug-likeness (QED) is 0.325. The van der Waals surface area contributed by atoms with Gasteiger partial charge in [-0.25, -0.2) is 0 Å². The van der Waals surface area contributed by atoms with E-state index in [4.69, 9.17) is 9.47 Å². The number of aliphatic hydroxyl groups excluding tert-OH is 1. The van der Waals surface area contributed by atoms with Gasteiger partial charge in [-0.05, 0) is 35.8 Å². The molecule has 0 saturated carbocycles. The van der Waals surface area contributed by atoms with Crippen LogP contribution in [0.25, 0.3) is 6.08 Å². The summed E-state index contributed by atoms with van der Waals surface area (Å²) in [6.07, 6.45) is 5.29. The molecule has 0 aromatic heterocycles. The molecular formula is C26H27NO5. The molecule has 1 unspecified atom stereocenters. The third kappa shape index (κ3) is 5.34. The van der Waals surface area contributed by atoms with E-state index in [1.165, 1.54) is 11.0 Å². The van der Waals surface area contributed by atoms with E-state index in [-0.39, 0.29) is 5.57 Å². The van der Waals surface area contributed by atoms with Crippen molar-refractivity contribution in [3.63, 3.8) is 0 Å². The van der Waals surface area contributed by atoms with E-state index in [2.05, 4.69) is 6.58 Å². The number of ketones is 1. The van der Waals surface area contributed by atoms with Crippen LogP contribution in [-0.2, 0) is 14.3 Å². The highest BCUT2D eigenvalue weighted by molar-refractivity contribution is 6.14. The number of carbonyl (C=O) groups is 2. The van der Waals surface area contributed by atoms with E-state index in [0.29, 0.717) is 37.5 Å². The molecule has 0 aliphatic carbocycles. The predicted octanol–water partition coefficient (Wildman–Crippen LogP) is 4.27. The van der Waals surface area contributed by atoms with Crippen LogP contribution in [0.4, 0.5) is 0 Å². The van der Waals surface area contributed by atoms with Gasteiger partial charge < -0.3 is 19.5 Å². The molecule has 1 aliphatic rings. The highest BCUT2D eigenvalue weighted by Gasteiger charge is 2.42. The smallest absolute Gasteiger partial charge is 0.290 e. The normalized spacial score (nSPS) is 16.1. The molecule has 2 aromatic rings. The number of aliphatic hydroxyl groups is 1. The molecule has 6 nitrogen and oxygen atoms in total. The van der Waals surface area contributed by atoms with Gasteiger partial charge in [-0.2, -0.15) is 0 Å². The van der Waals surface area contributed by atoms with E-state index in [0.717, 1.165) is 5.56 Å². The fraction of sp³-hybridized carbons (Fsp3) is 0.231. The van der Waals surface area contributed by atoms with Gasteiger partial charge in [0.05, 0.1) is 11.6 Å². The van der Waals surface area contributed by atoms with Crippen LogP contribution >= 0.6 is 0 Å². The Bertz CT molecular complexity index is 1010. The van der Waals surface area contributed by atoms with Gasteiger partial charge in [0.25, 0.3) is 5.91 Å². The minimum Gasteiger partial charge on any atom is -0.503 e. The molecule has 1 aliphatic heterocycles. The number of rotatable bonds is 11. The van der Waals surface area contributed by atoms with E-state index < -0.39 is 23.5 Å². The summed E-state index contributed by atoms with van der Waals surface area (Å²) < 4.78 is 10.6. The molecule has 166 valence electrons. The zero-order valence-corrected chi connectivity index (χ0v) is 18.1. The summed E-state index contributed by atoms with van der Waals surface area (Å²) in [4.78, 5) is 27.5. The standard InChI is InChI=1S/C26H27NO5/c1-3-17-32-21-13-11-20(12-14-21)24-23(22(28)15-10-19-8-5-4-6-9-19)25(29)26(30)27(24)16-7-18-31-2/h3-6,8-15,24,29H,1,7,16-18H2,2H3/b15-10+. The highest BCUT2D eigenvalue weighted by atomic mass is 16.5. The van der Waals surface area contributed by atoms with Crippen molar-refractivity contribution >= 4 is 17.8 Å². The van der Waals surface area contributed by atoms with E-state index in [1.807, 2.05) is 30.3 Å². The van der Waals surface area contributed by atoms with Gasteiger partial charge in [-0.1, -0.05) is 61.2 Å². The average Bonchev–Trinajstić information content (AvgIpc) is 3.07. The van der Waals surface area contributed by atoms with Crippen LogP contribution in [0.1, 0.15) is 23.6 Å². The van der Waals surface area contributed by atoms with Crippen LogP contribution in [0.15, 0.2) is 84.7 Å². The molecule has 1 atom stereocenters. The Morgan fingerprint density at radius 3 is 2.53 bits per heavy atom. The van der Waals surface area contributed by atoms with Crippen molar-refractivity contribution in [1.82, 2.24) is 4.90 Å². The van der Waals surface area contributed by atoms with Crippen LogP contribution in [0.2, 0.25) is 0 Å². The van der Waals surface area contributed by atoms with Gasteiger partial charge in [0.1, 0.15) is 12.4 Å². The van der Waals surface area contributed by atoms with Crippen LogP contribution in [0.3, 0.4) is 0 Å². The first kappa shape index (κ1) is 23.0. The zero-order valence-electron chi connectivity index (χ0n) is 18.1. The number of hydrogen-bond donors (Lipinski definition) is 1. The predicted molar refractivity (Wildman–Crippen MR) is 123 cm³/mol. The molecule has 0 saturated heterocycles. The molecule has 3 rings (SSSR count). The number of amides is 1. The van der Waals surface area contributed by atoms with Crippen molar-refractivity contribution < 1.29 is 24.2 Å². The molecule has 2 aromatic carbocycles. The molecular weight excluding hydrogens is 406 g/mol. The summed E-state index contributed by atoms with van der Waals surface area (Å²) in [5, 5.41) is 10.6. The number of benzene rings is 2. The van der Waals surface area contributed by atoms with Crippen molar-refractivity contribution in [2.75, 3.05) is 26.9 Å². The lowest BCUT2D eigenvalue weighted by Gasteiger charge is -2.26. The maximum absolute atomic E-state index is 13.1. The Labute approximate surface area is 188 Å². The Morgan fingerprint density at radius 1 is 1.16 bits per heavy atom. The second kappa shape index (κ2) is 11.1. The van der Waals surface area contributed by atoms with Crippen LogP contribution in [-0.4, -0.2) is 48.6 Å². The molecule has 0 fully saturated rings. The lowest BCUT2D eigenvalue weighted by Crippen LogP contribution is -2.32. The van der Waals surface area contributed by atoms with Gasteiger partial charge in [0, 0.05) is 20.3 Å². The van der Waals surface area contributed by atoms with Crippen molar-refractivity contribution in [1.29, 1.82) is 0 Å². The minimum atomic E-state index is -0.694. The molecule has 0 spiro atoms. The third-order valence-corrected chi connectivity index (χ3v) is 5.11. The Balaban J connectivity index is 1.92. The Morgan fingerprint density at radius 2 is 1.88 bits per heavy atom. The second-order valence-corrected chi connectivity index (χ2v) is 7.29. The number of hydrogen-bond acceptors (Lipinski definition) is 5. The monoisotopic (exact) mass is 433 g/mol. The molecule has 0 bridgehead atoms. The number of ether oxygens (including phenoxy) is 2. The second-order valence-electron chi connectivity index (χ2n) is 7.29. The number of allylic oxidation sites excluding steroid dienone is 1. The summed E-state index contributed by atoms with van der Waals surface area (Å²) in [5.74, 6) is -0.837. The first-order chi connectivity index (χ1) is 15.6. The van der Waals surface area contributed by atoms with Gasteiger partial charge in [-0.15, -0.1) is 0 Å². The first-order valence-corrected chi connectivity index (χ1v) is 10.4. The lowest BCUT2D eigenvalue weighted by molar-refractivity contribution is -0.129. The van der Waals surface area contributed by atoms with Crippen molar-refractivity contribution in [2.45, 2.75) is 12.5 Å². The summed E-state index contributed by atoms with van der Waals surface area (Å²) in [6, 6.07) is 15.8. The molecule has 32 heavy (non-hydrogen) atoms. The fourth-order valence-corrected chi connectivity index (χ4v) is 3.59. The first-order valence-electron chi connectivity index (χ1n) is 10.4. The summed E-state index contributed by atoms with van der Waals surface area (Å²) in [5.41, 5.74) is 1.63. The molecule has 0 radical (unpaired) electrons. The van der Waals surface area contributed by atoms with E-state index in [9.17, 15) is 14.7 Å². The summed E-state index contributed by atoms with van der Waals surface area (Å²) in [7, 11) is 1.59. The summed E-state index contributed by atoms with van der Waals surface area (Å²) >= 11 is 0. The molecule has 6 heteroatoms. The zero-order chi connectivity index (χ0) is 22.9. The highest BCUT2D eigenvalue weighted by Crippen LogP contribution is 2.38. The van der Waals surface area contributed by atoms with Crippen LogP contribution < -0.4 is 4.74 Å². The number of methoxy groups -OCH3 is 1. The Kier molecular flexibility index (Phi) is 8.00. The Hall–Kier alpha value is -3.64. The SMILES string of the molecule is C=CCOc1ccc(C2C(C(=O)/C=C/c3ccccc3)=C(O)C(=O)N2CCCOC)cc1. The molecule has 1 N–H and O–H groups in total. The van der Waals surface area contributed by atoms with Gasteiger partial charge in [0.2, 0.25) is 0 Å². The topological polar surface area (TPSA) is 76.1 Å². The van der Waals surface area contributed by atoms with Crippen molar-refractivity contribution in [2.24, 2.45) is 0 Å². The van der Waals surface area contributed by atoms with Crippen LogP contribution in [0, 0.1) is 0 Å². The van der Waals surface area contributed by atoms with Crippen LogP contribution in [0.5, 0.6) is 5.75 Å². The minimum absolute atomic E-state index is 0.0688. The van der Waals surface area contributed by atoms with Crippen molar-refractivity contribution in [3.05, 3.63) is 95.8 Å². The van der Waals surface area contributed by atoms with Gasteiger partial charge >= 0.3 is 0 Å². The maximum atomic E-state index is 13.1. The lowest BCUT2D eigenvalue weighted by atomic mass is 9.95. The fourth-order valence-electron chi connectivity index (χ4n) is 3.59. The van der Waals surface area contributed by atoms with Gasteiger partial charge in [0.15, 0.2) is 11.5 Å². The average molecular weight is 434 g/mol. The number of nitrogens with zero attached hydrogens (tertiary/aromatic N) is 1. The number of carbonyl (C=O) groups excluding carboxylic acids is 2. The van der Waals surface area contributed by atoms with E-state index >= 15 is 0 Å². The summed E-state index contributed by atoms with van der Waals surface area (Å²) in [6.45, 7) is 4.81. The van der Waals surface area contributed by atoms with Crippen molar-refractivity contribution in [3.8, 4) is 5.75 Å². The van der Waals surface area contributed by atoms with Gasteiger partial charge in [-0.3, -0.25) is 9.59 Å². The largest absolute Gasteiger partial charge is 0.503 e. The molecule has 1 heterocycles. The third-order valence-electron chi connectivity index (χ3n) is 5.11. The molecule has 1 amide bonds.